The minimum absolute atomic E-state index is 0.201. The van der Waals surface area contributed by atoms with E-state index in [2.05, 4.69) is 5.32 Å². The monoisotopic (exact) mass is 477 g/mol. The van der Waals surface area contributed by atoms with Gasteiger partial charge in [0.1, 0.15) is 0 Å². The number of rotatable bonds is 5. The molecule has 0 radical (unpaired) electrons. The van der Waals surface area contributed by atoms with Crippen LogP contribution in [-0.4, -0.2) is 52.4 Å². The molecule has 0 aliphatic carbocycles. The zero-order chi connectivity index (χ0) is 23.1. The van der Waals surface area contributed by atoms with Crippen LogP contribution >= 0.6 is 0 Å². The zero-order valence-corrected chi connectivity index (χ0v) is 19.7. The lowest BCUT2D eigenvalue weighted by molar-refractivity contribution is 0.102. The van der Waals surface area contributed by atoms with E-state index in [0.29, 0.717) is 36.4 Å². The molecule has 0 spiro atoms. The third-order valence-corrected chi connectivity index (χ3v) is 9.10. The van der Waals surface area contributed by atoms with Crippen molar-refractivity contribution in [2.24, 2.45) is 0 Å². The van der Waals surface area contributed by atoms with Gasteiger partial charge >= 0.3 is 0 Å². The van der Waals surface area contributed by atoms with Crippen LogP contribution in [0.4, 0.5) is 11.4 Å². The maximum Gasteiger partial charge on any atom is 0.255 e. The summed E-state index contributed by atoms with van der Waals surface area (Å²) >= 11 is 0. The molecule has 0 saturated carbocycles. The second-order valence-electron chi connectivity index (χ2n) is 8.40. The number of fused-ring (bicyclic) bond motifs is 1. The number of nitrogens with zero attached hydrogens (tertiary/aromatic N) is 2. The quantitative estimate of drug-likeness (QED) is 0.713. The minimum atomic E-state index is -3.52. The molecule has 2 aliphatic rings. The third-order valence-electron chi connectivity index (χ3n) is 5.92. The van der Waals surface area contributed by atoms with E-state index >= 15 is 0 Å². The molecule has 8 nitrogen and oxygen atoms in total. The van der Waals surface area contributed by atoms with Gasteiger partial charge in [-0.05, 0) is 74.2 Å². The number of piperidine rings is 1. The fourth-order valence-electron chi connectivity index (χ4n) is 4.42. The summed E-state index contributed by atoms with van der Waals surface area (Å²) < 4.78 is 52.6. The minimum Gasteiger partial charge on any atom is -0.322 e. The smallest absolute Gasteiger partial charge is 0.255 e. The number of anilines is 2. The van der Waals surface area contributed by atoms with E-state index < -0.39 is 20.0 Å². The summed E-state index contributed by atoms with van der Waals surface area (Å²) in [5.41, 5.74) is 2.30. The normalized spacial score (nSPS) is 19.6. The molecular weight excluding hydrogens is 450 g/mol. The Morgan fingerprint density at radius 3 is 2.25 bits per heavy atom. The van der Waals surface area contributed by atoms with Crippen molar-refractivity contribution in [3.8, 4) is 0 Å². The molecule has 2 aromatic carbocycles. The van der Waals surface area contributed by atoms with E-state index in [0.717, 1.165) is 24.8 Å². The molecule has 10 heteroatoms. The van der Waals surface area contributed by atoms with Crippen molar-refractivity contribution < 1.29 is 21.6 Å². The summed E-state index contributed by atoms with van der Waals surface area (Å²) in [6, 6.07) is 10.9. The molecule has 1 N–H and O–H groups in total. The molecule has 172 valence electrons. The van der Waals surface area contributed by atoms with E-state index in [1.807, 2.05) is 6.92 Å². The second kappa shape index (κ2) is 8.49. The van der Waals surface area contributed by atoms with Crippen molar-refractivity contribution in [3.63, 3.8) is 0 Å². The second-order valence-corrected chi connectivity index (χ2v) is 12.2. The van der Waals surface area contributed by atoms with Crippen LogP contribution in [0.25, 0.3) is 0 Å². The largest absolute Gasteiger partial charge is 0.322 e. The Morgan fingerprint density at radius 1 is 0.969 bits per heavy atom. The molecule has 0 bridgehead atoms. The lowest BCUT2D eigenvalue weighted by Crippen LogP contribution is -2.35. The van der Waals surface area contributed by atoms with Crippen LogP contribution in [0.3, 0.4) is 0 Å². The maximum atomic E-state index is 12.8. The lowest BCUT2D eigenvalue weighted by atomic mass is 10.1. The third kappa shape index (κ3) is 4.39. The van der Waals surface area contributed by atoms with Crippen molar-refractivity contribution in [3.05, 3.63) is 53.6 Å². The summed E-state index contributed by atoms with van der Waals surface area (Å²) in [5.74, 6) is -0.343. The number of carbonyl (C=O) groups excluding carboxylic acids is 1. The van der Waals surface area contributed by atoms with Gasteiger partial charge in [-0.3, -0.25) is 9.10 Å². The Balaban J connectivity index is 1.49. The summed E-state index contributed by atoms with van der Waals surface area (Å²) in [7, 11) is -6.91. The number of amides is 1. The summed E-state index contributed by atoms with van der Waals surface area (Å²) in [6.07, 6.45) is 4.50. The Morgan fingerprint density at radius 2 is 1.62 bits per heavy atom. The van der Waals surface area contributed by atoms with Crippen LogP contribution in [0.2, 0.25) is 0 Å². The van der Waals surface area contributed by atoms with E-state index in [-0.39, 0.29) is 16.8 Å². The van der Waals surface area contributed by atoms with E-state index in [1.54, 1.807) is 30.3 Å². The summed E-state index contributed by atoms with van der Waals surface area (Å²) in [6.45, 7) is 2.91. The van der Waals surface area contributed by atoms with Gasteiger partial charge in [-0.25, -0.2) is 16.8 Å². The first-order chi connectivity index (χ1) is 15.1. The average Bonchev–Trinajstić information content (AvgIpc) is 3.10. The molecule has 32 heavy (non-hydrogen) atoms. The first kappa shape index (κ1) is 22.8. The zero-order valence-electron chi connectivity index (χ0n) is 18.1. The molecule has 1 amide bonds. The molecule has 1 unspecified atom stereocenters. The lowest BCUT2D eigenvalue weighted by Gasteiger charge is -2.25. The fourth-order valence-corrected chi connectivity index (χ4v) is 7.20. The van der Waals surface area contributed by atoms with Gasteiger partial charge in [-0.15, -0.1) is 0 Å². The van der Waals surface area contributed by atoms with Crippen molar-refractivity contribution >= 4 is 37.3 Å². The van der Waals surface area contributed by atoms with Gasteiger partial charge < -0.3 is 5.32 Å². The number of hydrogen-bond acceptors (Lipinski definition) is 5. The van der Waals surface area contributed by atoms with Crippen LogP contribution in [0, 0.1) is 0 Å². The molecular formula is C22H27N3O5S2. The highest BCUT2D eigenvalue weighted by Crippen LogP contribution is 2.35. The van der Waals surface area contributed by atoms with Gasteiger partial charge in [-0.1, -0.05) is 6.42 Å². The van der Waals surface area contributed by atoms with Crippen molar-refractivity contribution in [1.82, 2.24) is 4.31 Å². The van der Waals surface area contributed by atoms with Gasteiger partial charge in [0.25, 0.3) is 5.91 Å². The van der Waals surface area contributed by atoms with E-state index in [1.165, 1.54) is 27.0 Å². The molecule has 1 atom stereocenters. The predicted molar refractivity (Wildman–Crippen MR) is 124 cm³/mol. The van der Waals surface area contributed by atoms with Gasteiger partial charge in [0.05, 0.1) is 16.8 Å². The number of sulfonamides is 2. The fraction of sp³-hybridized carbons (Fsp3) is 0.409. The number of benzene rings is 2. The summed E-state index contributed by atoms with van der Waals surface area (Å²) in [4.78, 5) is 12.9. The van der Waals surface area contributed by atoms with Crippen LogP contribution in [-0.2, 0) is 26.5 Å². The molecule has 1 saturated heterocycles. The van der Waals surface area contributed by atoms with Crippen LogP contribution in [0.15, 0.2) is 47.4 Å². The number of carbonyl (C=O) groups is 1. The summed E-state index contributed by atoms with van der Waals surface area (Å²) in [5, 5.41) is 2.78. The highest BCUT2D eigenvalue weighted by atomic mass is 32.2. The van der Waals surface area contributed by atoms with Crippen molar-refractivity contribution in [2.45, 2.75) is 43.5 Å². The van der Waals surface area contributed by atoms with Crippen molar-refractivity contribution in [2.75, 3.05) is 29.0 Å². The highest BCUT2D eigenvalue weighted by Gasteiger charge is 2.33. The van der Waals surface area contributed by atoms with Crippen molar-refractivity contribution in [1.29, 1.82) is 0 Å². The van der Waals surface area contributed by atoms with Gasteiger partial charge in [-0.2, -0.15) is 4.31 Å². The molecule has 4 rings (SSSR count). The van der Waals surface area contributed by atoms with Gasteiger partial charge in [0, 0.05) is 30.4 Å². The Bertz CT molecular complexity index is 1230. The number of nitrogens with one attached hydrogen (secondary N) is 1. The Kier molecular flexibility index (Phi) is 6.04. The first-order valence-electron chi connectivity index (χ1n) is 10.6. The SMILES string of the molecule is CC1Cc2cc(C(=O)Nc3ccc(S(=O)(=O)N4CCCCC4)cc3)ccc2N1S(C)(=O)=O. The van der Waals surface area contributed by atoms with Crippen LogP contribution < -0.4 is 9.62 Å². The Labute approximate surface area is 189 Å². The first-order valence-corrected chi connectivity index (χ1v) is 13.9. The maximum absolute atomic E-state index is 12.8. The molecule has 0 aromatic heterocycles. The topological polar surface area (TPSA) is 104 Å². The molecule has 2 aliphatic heterocycles. The predicted octanol–water partition coefficient (Wildman–Crippen LogP) is 2.82. The van der Waals surface area contributed by atoms with Crippen LogP contribution in [0.5, 0.6) is 0 Å². The van der Waals surface area contributed by atoms with E-state index in [9.17, 15) is 21.6 Å². The van der Waals surface area contributed by atoms with Gasteiger partial charge in [0.15, 0.2) is 0 Å². The molecule has 1 fully saturated rings. The Hall–Kier alpha value is -2.43. The van der Waals surface area contributed by atoms with Crippen LogP contribution in [0.1, 0.15) is 42.1 Å². The highest BCUT2D eigenvalue weighted by molar-refractivity contribution is 7.92. The van der Waals surface area contributed by atoms with Gasteiger partial charge in [0.2, 0.25) is 20.0 Å². The number of hydrogen-bond donors (Lipinski definition) is 1. The molecule has 2 heterocycles. The van der Waals surface area contributed by atoms with E-state index in [4.69, 9.17) is 0 Å². The standard InChI is InChI=1S/C22H27N3O5S2/c1-16-14-18-15-17(6-11-21(18)25(16)31(2,27)28)22(26)23-19-7-9-20(10-8-19)32(29,30)24-12-4-3-5-13-24/h6-11,15-16H,3-5,12-14H2,1-2H3,(H,23,26). The molecule has 2 aromatic rings. The average molecular weight is 478 g/mol.